The highest BCUT2D eigenvalue weighted by Gasteiger charge is 2.14. The topological polar surface area (TPSA) is 20.3 Å². The summed E-state index contributed by atoms with van der Waals surface area (Å²) in [5.41, 5.74) is 2.19. The SMILES string of the molecule is CN(C)C(=O)c1ccc2cc(C(C)(C)C)ccc2c1. The minimum absolute atomic E-state index is 0.0433. The van der Waals surface area contributed by atoms with Crippen molar-refractivity contribution in [2.45, 2.75) is 26.2 Å². The molecule has 100 valence electrons. The van der Waals surface area contributed by atoms with Gasteiger partial charge in [0.05, 0.1) is 0 Å². The Morgan fingerprint density at radius 2 is 1.53 bits per heavy atom. The summed E-state index contributed by atoms with van der Waals surface area (Å²) in [4.78, 5) is 13.5. The van der Waals surface area contributed by atoms with E-state index in [2.05, 4.69) is 39.0 Å². The van der Waals surface area contributed by atoms with Gasteiger partial charge >= 0.3 is 0 Å². The second-order valence-electron chi connectivity index (χ2n) is 6.23. The molecule has 0 fully saturated rings. The predicted molar refractivity (Wildman–Crippen MR) is 80.7 cm³/mol. The maximum Gasteiger partial charge on any atom is 0.253 e. The summed E-state index contributed by atoms with van der Waals surface area (Å²) < 4.78 is 0. The zero-order valence-corrected chi connectivity index (χ0v) is 12.3. The van der Waals surface area contributed by atoms with Crippen LogP contribution < -0.4 is 0 Å². The summed E-state index contributed by atoms with van der Waals surface area (Å²) in [5, 5.41) is 2.29. The van der Waals surface area contributed by atoms with Crippen LogP contribution in [0.25, 0.3) is 10.8 Å². The van der Waals surface area contributed by atoms with E-state index in [-0.39, 0.29) is 11.3 Å². The molecule has 2 aromatic rings. The fourth-order valence-corrected chi connectivity index (χ4v) is 2.10. The monoisotopic (exact) mass is 255 g/mol. The maximum absolute atomic E-state index is 11.9. The first-order valence-corrected chi connectivity index (χ1v) is 6.55. The fraction of sp³-hybridized carbons (Fsp3) is 0.353. The molecular weight excluding hydrogens is 234 g/mol. The van der Waals surface area contributed by atoms with Crippen molar-refractivity contribution in [3.63, 3.8) is 0 Å². The minimum atomic E-state index is 0.0433. The third-order valence-electron chi connectivity index (χ3n) is 3.36. The Hall–Kier alpha value is -1.83. The standard InChI is InChI=1S/C17H21NO/c1-17(2,3)15-9-8-12-10-14(16(19)18(4)5)7-6-13(12)11-15/h6-11H,1-5H3. The highest BCUT2D eigenvalue weighted by atomic mass is 16.2. The predicted octanol–water partition coefficient (Wildman–Crippen LogP) is 3.84. The van der Waals surface area contributed by atoms with Gasteiger partial charge in [-0.05, 0) is 33.9 Å². The van der Waals surface area contributed by atoms with E-state index in [1.165, 1.54) is 10.9 Å². The molecule has 2 heteroatoms. The van der Waals surface area contributed by atoms with E-state index in [0.29, 0.717) is 0 Å². The first-order valence-electron chi connectivity index (χ1n) is 6.55. The number of carbonyl (C=O) groups excluding carboxylic acids is 1. The number of amides is 1. The normalized spacial score (nSPS) is 11.6. The van der Waals surface area contributed by atoms with Gasteiger partial charge in [0.15, 0.2) is 0 Å². The molecule has 0 aliphatic rings. The molecule has 0 saturated carbocycles. The van der Waals surface area contributed by atoms with Gasteiger partial charge in [-0.25, -0.2) is 0 Å². The summed E-state index contributed by atoms with van der Waals surface area (Å²) in [6, 6.07) is 12.3. The molecule has 0 unspecified atom stereocenters. The van der Waals surface area contributed by atoms with Gasteiger partial charge in [-0.3, -0.25) is 4.79 Å². The van der Waals surface area contributed by atoms with Crippen molar-refractivity contribution in [3.05, 3.63) is 47.5 Å². The Kier molecular flexibility index (Phi) is 3.36. The van der Waals surface area contributed by atoms with Gasteiger partial charge in [-0.2, -0.15) is 0 Å². The highest BCUT2D eigenvalue weighted by molar-refractivity contribution is 5.98. The Morgan fingerprint density at radius 3 is 2.11 bits per heavy atom. The Balaban J connectivity index is 2.49. The molecule has 19 heavy (non-hydrogen) atoms. The minimum Gasteiger partial charge on any atom is -0.345 e. The first kappa shape index (κ1) is 13.6. The van der Waals surface area contributed by atoms with Crippen LogP contribution in [0.2, 0.25) is 0 Å². The van der Waals surface area contributed by atoms with Crippen LogP contribution in [-0.2, 0) is 5.41 Å². The Bertz CT molecular complexity index is 621. The van der Waals surface area contributed by atoms with E-state index in [9.17, 15) is 4.79 Å². The van der Waals surface area contributed by atoms with E-state index in [4.69, 9.17) is 0 Å². The quantitative estimate of drug-likeness (QED) is 0.758. The Morgan fingerprint density at radius 1 is 0.947 bits per heavy atom. The van der Waals surface area contributed by atoms with Crippen LogP contribution in [0.5, 0.6) is 0 Å². The van der Waals surface area contributed by atoms with E-state index in [0.717, 1.165) is 10.9 Å². The van der Waals surface area contributed by atoms with Gasteiger partial charge in [-0.1, -0.05) is 45.0 Å². The molecular formula is C17H21NO. The molecule has 0 atom stereocenters. The van der Waals surface area contributed by atoms with Crippen molar-refractivity contribution in [3.8, 4) is 0 Å². The van der Waals surface area contributed by atoms with E-state index in [1.807, 2.05) is 18.2 Å². The second kappa shape index (κ2) is 4.69. The summed E-state index contributed by atoms with van der Waals surface area (Å²) in [6.45, 7) is 6.62. The smallest absolute Gasteiger partial charge is 0.253 e. The van der Waals surface area contributed by atoms with Crippen LogP contribution >= 0.6 is 0 Å². The molecule has 0 N–H and O–H groups in total. The van der Waals surface area contributed by atoms with Crippen LogP contribution in [0, 0.1) is 0 Å². The van der Waals surface area contributed by atoms with Crippen LogP contribution in [0.1, 0.15) is 36.7 Å². The summed E-state index contributed by atoms with van der Waals surface area (Å²) in [6.07, 6.45) is 0. The zero-order chi connectivity index (χ0) is 14.2. The largest absolute Gasteiger partial charge is 0.345 e. The second-order valence-corrected chi connectivity index (χ2v) is 6.23. The van der Waals surface area contributed by atoms with Crippen LogP contribution in [0.3, 0.4) is 0 Å². The van der Waals surface area contributed by atoms with Gasteiger partial charge in [0.1, 0.15) is 0 Å². The number of hydrogen-bond donors (Lipinski definition) is 0. The van der Waals surface area contributed by atoms with Gasteiger partial charge in [0.25, 0.3) is 5.91 Å². The van der Waals surface area contributed by atoms with Crippen LogP contribution in [0.4, 0.5) is 0 Å². The van der Waals surface area contributed by atoms with E-state index < -0.39 is 0 Å². The average Bonchev–Trinajstić information content (AvgIpc) is 2.35. The molecule has 0 radical (unpaired) electrons. The number of rotatable bonds is 1. The molecule has 0 aromatic heterocycles. The van der Waals surface area contributed by atoms with Gasteiger partial charge in [0.2, 0.25) is 0 Å². The number of benzene rings is 2. The maximum atomic E-state index is 11.9. The number of carbonyl (C=O) groups is 1. The molecule has 2 aromatic carbocycles. The van der Waals surface area contributed by atoms with Gasteiger partial charge in [-0.15, -0.1) is 0 Å². The highest BCUT2D eigenvalue weighted by Crippen LogP contribution is 2.26. The summed E-state index contributed by atoms with van der Waals surface area (Å²) in [5.74, 6) is 0.0433. The summed E-state index contributed by atoms with van der Waals surface area (Å²) in [7, 11) is 3.55. The number of hydrogen-bond acceptors (Lipinski definition) is 1. The van der Waals surface area contributed by atoms with Crippen molar-refractivity contribution in [2.24, 2.45) is 0 Å². The molecule has 0 bridgehead atoms. The van der Waals surface area contributed by atoms with Gasteiger partial charge in [0, 0.05) is 19.7 Å². The lowest BCUT2D eigenvalue weighted by Gasteiger charge is -2.19. The van der Waals surface area contributed by atoms with Crippen molar-refractivity contribution in [1.29, 1.82) is 0 Å². The Labute approximate surface area is 115 Å². The van der Waals surface area contributed by atoms with Crippen LogP contribution in [-0.4, -0.2) is 24.9 Å². The molecule has 0 heterocycles. The average molecular weight is 255 g/mol. The van der Waals surface area contributed by atoms with Crippen molar-refractivity contribution < 1.29 is 4.79 Å². The van der Waals surface area contributed by atoms with Crippen LogP contribution in [0.15, 0.2) is 36.4 Å². The first-order chi connectivity index (χ1) is 8.79. The molecule has 0 aliphatic heterocycles. The fourth-order valence-electron chi connectivity index (χ4n) is 2.10. The molecule has 0 saturated heterocycles. The lowest BCUT2D eigenvalue weighted by atomic mass is 9.86. The van der Waals surface area contributed by atoms with Crippen molar-refractivity contribution in [2.75, 3.05) is 14.1 Å². The van der Waals surface area contributed by atoms with Crippen molar-refractivity contribution in [1.82, 2.24) is 4.90 Å². The number of nitrogens with zero attached hydrogens (tertiary/aromatic N) is 1. The lowest BCUT2D eigenvalue weighted by Crippen LogP contribution is -2.21. The third-order valence-corrected chi connectivity index (χ3v) is 3.36. The van der Waals surface area contributed by atoms with E-state index in [1.54, 1.807) is 19.0 Å². The van der Waals surface area contributed by atoms with Gasteiger partial charge < -0.3 is 4.90 Å². The molecule has 0 aliphatic carbocycles. The molecule has 0 spiro atoms. The molecule has 2 rings (SSSR count). The lowest BCUT2D eigenvalue weighted by molar-refractivity contribution is 0.0828. The van der Waals surface area contributed by atoms with Crippen molar-refractivity contribution >= 4 is 16.7 Å². The van der Waals surface area contributed by atoms with E-state index >= 15 is 0 Å². The number of fused-ring (bicyclic) bond motifs is 1. The molecule has 1 amide bonds. The third kappa shape index (κ3) is 2.78. The zero-order valence-electron chi connectivity index (χ0n) is 12.3. The molecule has 2 nitrogen and oxygen atoms in total. The summed E-state index contributed by atoms with van der Waals surface area (Å²) >= 11 is 0.